The van der Waals surface area contributed by atoms with E-state index >= 15 is 0 Å². The summed E-state index contributed by atoms with van der Waals surface area (Å²) < 4.78 is 0. The molecule has 0 bridgehead atoms. The van der Waals surface area contributed by atoms with Crippen molar-refractivity contribution in [1.82, 2.24) is 14.9 Å². The van der Waals surface area contributed by atoms with Crippen molar-refractivity contribution in [2.24, 2.45) is 17.8 Å². The van der Waals surface area contributed by atoms with Crippen LogP contribution >= 0.6 is 11.6 Å². The van der Waals surface area contributed by atoms with Crippen LogP contribution in [0.25, 0.3) is 10.9 Å². The van der Waals surface area contributed by atoms with Crippen LogP contribution in [0.2, 0.25) is 5.15 Å². The van der Waals surface area contributed by atoms with Crippen molar-refractivity contribution in [2.45, 2.75) is 26.7 Å². The molecule has 0 amide bonds. The summed E-state index contributed by atoms with van der Waals surface area (Å²) in [5.74, 6) is 2.72. The van der Waals surface area contributed by atoms with E-state index < -0.39 is 0 Å². The van der Waals surface area contributed by atoms with Gasteiger partial charge in [0, 0.05) is 50.2 Å². The lowest BCUT2D eigenvalue weighted by molar-refractivity contribution is 0.317. The zero-order chi connectivity index (χ0) is 18.5. The topological polar surface area (TPSA) is 64.8 Å². The summed E-state index contributed by atoms with van der Waals surface area (Å²) in [5, 5.41) is 13.7. The van der Waals surface area contributed by atoms with Gasteiger partial charge < -0.3 is 10.2 Å². The van der Waals surface area contributed by atoms with Gasteiger partial charge in [0.1, 0.15) is 11.0 Å². The van der Waals surface area contributed by atoms with E-state index in [1.807, 2.05) is 12.1 Å². The molecule has 1 N–H and O–H groups in total. The fourth-order valence-electron chi connectivity index (χ4n) is 3.89. The lowest BCUT2D eigenvalue weighted by Gasteiger charge is -2.20. The van der Waals surface area contributed by atoms with Crippen LogP contribution in [0.3, 0.4) is 0 Å². The third-order valence-electron chi connectivity index (χ3n) is 5.27. The van der Waals surface area contributed by atoms with Crippen LogP contribution in [0.1, 0.15) is 26.7 Å². The lowest BCUT2D eigenvalue weighted by Crippen LogP contribution is -2.23. The molecule has 0 spiro atoms. The van der Waals surface area contributed by atoms with Crippen molar-refractivity contribution in [2.75, 3.05) is 31.5 Å². The summed E-state index contributed by atoms with van der Waals surface area (Å²) in [5.41, 5.74) is 0.861. The van der Waals surface area contributed by atoms with Crippen LogP contribution < -0.4 is 5.32 Å². The van der Waals surface area contributed by atoms with Crippen LogP contribution in [-0.2, 0) is 0 Å². The molecule has 6 heteroatoms. The van der Waals surface area contributed by atoms with Gasteiger partial charge in [0.25, 0.3) is 0 Å². The first kappa shape index (κ1) is 18.9. The lowest BCUT2D eigenvalue weighted by atomic mass is 9.88. The van der Waals surface area contributed by atoms with Gasteiger partial charge in [-0.25, -0.2) is 4.98 Å². The van der Waals surface area contributed by atoms with E-state index in [0.717, 1.165) is 42.9 Å². The summed E-state index contributed by atoms with van der Waals surface area (Å²) in [6.45, 7) is 8.58. The van der Waals surface area contributed by atoms with E-state index in [0.29, 0.717) is 29.3 Å². The van der Waals surface area contributed by atoms with Crippen LogP contribution in [0.5, 0.6) is 0 Å². The Morgan fingerprint density at radius 3 is 3.12 bits per heavy atom. The van der Waals surface area contributed by atoms with Gasteiger partial charge in [-0.05, 0) is 36.3 Å². The number of pyridine rings is 2. The average Bonchev–Trinajstić information content (AvgIpc) is 2.97. The normalized spacial score (nSPS) is 21.6. The molecule has 0 unspecified atom stereocenters. The fourth-order valence-corrected chi connectivity index (χ4v) is 4.08. The number of halogens is 1. The van der Waals surface area contributed by atoms with Gasteiger partial charge in [0.2, 0.25) is 0 Å². The maximum atomic E-state index is 8.77. The standard InChI is InChI=1S/C20H26ClN5/c1-14(9-16-13-26(8-4-6-22)12-15(16)2)11-24-20-17-5-3-7-23-18(17)10-19(21)25-20/h3,5,7,10,14-16H,4,8-9,11-13H2,1-2H3,(H,24,25)/t14-,15-,16+/m0/s1. The molecule has 1 aliphatic heterocycles. The Labute approximate surface area is 160 Å². The molecule has 0 radical (unpaired) electrons. The highest BCUT2D eigenvalue weighted by Crippen LogP contribution is 2.29. The number of nitrogens with one attached hydrogen (secondary N) is 1. The number of hydrogen-bond acceptors (Lipinski definition) is 5. The average molecular weight is 372 g/mol. The molecule has 0 aromatic carbocycles. The molecule has 3 heterocycles. The number of fused-ring (bicyclic) bond motifs is 1. The Balaban J connectivity index is 1.56. The Morgan fingerprint density at radius 1 is 1.46 bits per heavy atom. The second kappa shape index (κ2) is 8.66. The number of anilines is 1. The van der Waals surface area contributed by atoms with E-state index in [4.69, 9.17) is 16.9 Å². The number of likely N-dealkylation sites (tertiary alicyclic amines) is 1. The molecule has 5 nitrogen and oxygen atoms in total. The summed E-state index contributed by atoms with van der Waals surface area (Å²) in [6.07, 6.45) is 3.57. The molecular weight excluding hydrogens is 346 g/mol. The van der Waals surface area contributed by atoms with E-state index in [2.05, 4.69) is 40.1 Å². The maximum Gasteiger partial charge on any atom is 0.137 e. The number of hydrogen-bond donors (Lipinski definition) is 1. The third kappa shape index (κ3) is 4.63. The Morgan fingerprint density at radius 2 is 2.31 bits per heavy atom. The monoisotopic (exact) mass is 371 g/mol. The van der Waals surface area contributed by atoms with Gasteiger partial charge in [-0.3, -0.25) is 4.98 Å². The Bertz CT molecular complexity index is 787. The largest absolute Gasteiger partial charge is 0.369 e. The second-order valence-electron chi connectivity index (χ2n) is 7.49. The van der Waals surface area contributed by atoms with E-state index in [1.165, 1.54) is 6.42 Å². The fraction of sp³-hybridized carbons (Fsp3) is 0.550. The quantitative estimate of drug-likeness (QED) is 0.739. The second-order valence-corrected chi connectivity index (χ2v) is 7.88. The Hall–Kier alpha value is -1.90. The number of rotatable bonds is 7. The van der Waals surface area contributed by atoms with Crippen LogP contribution in [0, 0.1) is 29.1 Å². The zero-order valence-corrected chi connectivity index (χ0v) is 16.2. The number of nitrogens with zero attached hydrogens (tertiary/aromatic N) is 4. The third-order valence-corrected chi connectivity index (χ3v) is 5.47. The van der Waals surface area contributed by atoms with Crippen molar-refractivity contribution in [3.05, 3.63) is 29.5 Å². The van der Waals surface area contributed by atoms with Crippen molar-refractivity contribution < 1.29 is 0 Å². The van der Waals surface area contributed by atoms with Crippen LogP contribution in [-0.4, -0.2) is 41.0 Å². The summed E-state index contributed by atoms with van der Waals surface area (Å²) >= 11 is 6.13. The summed E-state index contributed by atoms with van der Waals surface area (Å²) in [7, 11) is 0. The number of aromatic nitrogens is 2. The summed E-state index contributed by atoms with van der Waals surface area (Å²) in [6, 6.07) is 7.98. The molecule has 3 atom stereocenters. The van der Waals surface area contributed by atoms with Gasteiger partial charge in [-0.1, -0.05) is 25.4 Å². The Kier molecular flexibility index (Phi) is 6.29. The van der Waals surface area contributed by atoms with Gasteiger partial charge >= 0.3 is 0 Å². The summed E-state index contributed by atoms with van der Waals surface area (Å²) in [4.78, 5) is 11.2. The minimum Gasteiger partial charge on any atom is -0.369 e. The highest BCUT2D eigenvalue weighted by molar-refractivity contribution is 6.30. The highest BCUT2D eigenvalue weighted by Gasteiger charge is 2.30. The number of nitriles is 1. The van der Waals surface area contributed by atoms with Crippen molar-refractivity contribution in [3.8, 4) is 6.07 Å². The smallest absolute Gasteiger partial charge is 0.137 e. The SMILES string of the molecule is C[C@H](CNc1nc(Cl)cc2ncccc12)C[C@@H]1CN(CCC#N)C[C@@H]1C. The van der Waals surface area contributed by atoms with Crippen molar-refractivity contribution in [1.29, 1.82) is 5.26 Å². The molecule has 0 aliphatic carbocycles. The first-order valence-electron chi connectivity index (χ1n) is 9.31. The molecule has 3 rings (SSSR count). The van der Waals surface area contributed by atoms with Gasteiger partial charge in [0.15, 0.2) is 0 Å². The van der Waals surface area contributed by atoms with E-state index in [-0.39, 0.29) is 0 Å². The first-order valence-corrected chi connectivity index (χ1v) is 9.69. The maximum absolute atomic E-state index is 8.77. The molecule has 1 aliphatic rings. The predicted octanol–water partition coefficient (Wildman–Crippen LogP) is 4.20. The van der Waals surface area contributed by atoms with E-state index in [9.17, 15) is 0 Å². The molecule has 1 saturated heterocycles. The minimum absolute atomic E-state index is 0.462. The predicted molar refractivity (Wildman–Crippen MR) is 106 cm³/mol. The van der Waals surface area contributed by atoms with E-state index in [1.54, 1.807) is 12.3 Å². The molecular formula is C20H26ClN5. The van der Waals surface area contributed by atoms with Crippen molar-refractivity contribution in [3.63, 3.8) is 0 Å². The highest BCUT2D eigenvalue weighted by atomic mass is 35.5. The molecule has 26 heavy (non-hydrogen) atoms. The van der Waals surface area contributed by atoms with Gasteiger partial charge in [-0.15, -0.1) is 0 Å². The van der Waals surface area contributed by atoms with Gasteiger partial charge in [-0.2, -0.15) is 5.26 Å². The zero-order valence-electron chi connectivity index (χ0n) is 15.5. The molecule has 0 saturated carbocycles. The molecule has 138 valence electrons. The van der Waals surface area contributed by atoms with Gasteiger partial charge in [0.05, 0.1) is 11.6 Å². The molecule has 2 aromatic heterocycles. The van der Waals surface area contributed by atoms with Crippen LogP contribution in [0.15, 0.2) is 24.4 Å². The minimum atomic E-state index is 0.462. The van der Waals surface area contributed by atoms with Crippen molar-refractivity contribution >= 4 is 28.3 Å². The van der Waals surface area contributed by atoms with Crippen LogP contribution in [0.4, 0.5) is 5.82 Å². The molecule has 2 aromatic rings. The first-order chi connectivity index (χ1) is 12.6. The molecule has 1 fully saturated rings.